The van der Waals surface area contributed by atoms with Gasteiger partial charge in [0.25, 0.3) is 11.6 Å². The molecule has 2 aliphatic rings. The smallest absolute Gasteiger partial charge is 0.269 e. The zero-order chi connectivity index (χ0) is 23.5. The average Bonchev–Trinajstić information content (AvgIpc) is 3.50. The molecule has 0 radical (unpaired) electrons. The van der Waals surface area contributed by atoms with E-state index >= 15 is 0 Å². The number of hydrazone groups is 1. The van der Waals surface area contributed by atoms with Gasteiger partial charge in [0, 0.05) is 31.5 Å². The van der Waals surface area contributed by atoms with Gasteiger partial charge in [-0.2, -0.15) is 5.10 Å². The number of benzene rings is 2. The predicted molar refractivity (Wildman–Crippen MR) is 120 cm³/mol. The van der Waals surface area contributed by atoms with Gasteiger partial charge in [-0.15, -0.1) is 0 Å². The summed E-state index contributed by atoms with van der Waals surface area (Å²) in [5.74, 6) is -0.855. The number of likely N-dealkylation sites (N-methyl/N-ethyl adjacent to an activating group) is 1. The van der Waals surface area contributed by atoms with E-state index < -0.39 is 11.0 Å². The summed E-state index contributed by atoms with van der Waals surface area (Å²) in [6.45, 7) is -0.138. The van der Waals surface area contributed by atoms with Crippen LogP contribution in [0.1, 0.15) is 49.3 Å². The van der Waals surface area contributed by atoms with E-state index in [1.54, 1.807) is 31.3 Å². The minimum Gasteiger partial charge on any atom is -0.336 e. The number of rotatable bonds is 6. The Kier molecular flexibility index (Phi) is 6.48. The van der Waals surface area contributed by atoms with Crippen LogP contribution in [0.3, 0.4) is 0 Å². The molecule has 0 bridgehead atoms. The van der Waals surface area contributed by atoms with E-state index in [2.05, 4.69) is 5.10 Å². The van der Waals surface area contributed by atoms with Crippen molar-refractivity contribution < 1.29 is 18.9 Å². The van der Waals surface area contributed by atoms with Gasteiger partial charge in [0.2, 0.25) is 5.91 Å². The van der Waals surface area contributed by atoms with E-state index in [9.17, 15) is 24.1 Å². The Morgan fingerprint density at radius 3 is 2.55 bits per heavy atom. The number of carbonyl (C=O) groups excluding carboxylic acids is 2. The molecule has 1 aliphatic carbocycles. The van der Waals surface area contributed by atoms with Crippen LogP contribution in [0.15, 0.2) is 53.6 Å². The zero-order valence-electron chi connectivity index (χ0n) is 18.3. The third-order valence-electron chi connectivity index (χ3n) is 6.26. The number of nitro benzene ring substituents is 1. The number of halogens is 1. The number of nitrogens with zero attached hydrogens (tertiary/aromatic N) is 4. The van der Waals surface area contributed by atoms with Crippen molar-refractivity contribution in [3.8, 4) is 0 Å². The Labute approximate surface area is 190 Å². The van der Waals surface area contributed by atoms with Crippen molar-refractivity contribution >= 4 is 23.2 Å². The zero-order valence-corrected chi connectivity index (χ0v) is 18.3. The molecule has 1 atom stereocenters. The summed E-state index contributed by atoms with van der Waals surface area (Å²) in [6.07, 6.45) is 4.03. The molecule has 1 fully saturated rings. The number of nitro groups is 1. The van der Waals surface area contributed by atoms with E-state index in [1.165, 1.54) is 34.2 Å². The van der Waals surface area contributed by atoms with Gasteiger partial charge in [-0.1, -0.05) is 37.1 Å². The molecule has 1 saturated carbocycles. The van der Waals surface area contributed by atoms with Crippen LogP contribution in [0.2, 0.25) is 0 Å². The van der Waals surface area contributed by atoms with Gasteiger partial charge in [-0.05, 0) is 36.1 Å². The first-order chi connectivity index (χ1) is 15.8. The van der Waals surface area contributed by atoms with Gasteiger partial charge in [-0.3, -0.25) is 19.7 Å². The maximum absolute atomic E-state index is 13.4. The van der Waals surface area contributed by atoms with Crippen molar-refractivity contribution in [2.45, 2.75) is 38.1 Å². The third kappa shape index (κ3) is 4.92. The molecular formula is C24H25FN4O4. The second-order valence-electron chi connectivity index (χ2n) is 8.54. The van der Waals surface area contributed by atoms with Gasteiger partial charge in [0.15, 0.2) is 0 Å². The Morgan fingerprint density at radius 1 is 1.18 bits per heavy atom. The largest absolute Gasteiger partial charge is 0.336 e. The SMILES string of the molecule is CN(CC(=O)N1N=C(c2ccc(F)cc2)C[C@@H]1c1cccc([N+](=O)[O-])c1)C(=O)C1CCCC1. The van der Waals surface area contributed by atoms with Crippen molar-refractivity contribution in [2.75, 3.05) is 13.6 Å². The Balaban J connectivity index is 1.60. The van der Waals surface area contributed by atoms with Crippen LogP contribution in [0.4, 0.5) is 10.1 Å². The summed E-state index contributed by atoms with van der Waals surface area (Å²) in [4.78, 5) is 38.2. The molecule has 2 aromatic rings. The van der Waals surface area contributed by atoms with E-state index in [0.29, 0.717) is 23.3 Å². The molecule has 172 valence electrons. The Morgan fingerprint density at radius 2 is 1.88 bits per heavy atom. The summed E-state index contributed by atoms with van der Waals surface area (Å²) < 4.78 is 13.4. The summed E-state index contributed by atoms with van der Waals surface area (Å²) >= 11 is 0. The van der Waals surface area contributed by atoms with Crippen LogP contribution >= 0.6 is 0 Å². The van der Waals surface area contributed by atoms with Crippen molar-refractivity contribution in [1.82, 2.24) is 9.91 Å². The van der Waals surface area contributed by atoms with Crippen LogP contribution in [-0.4, -0.2) is 46.0 Å². The van der Waals surface area contributed by atoms with Crippen LogP contribution in [-0.2, 0) is 9.59 Å². The summed E-state index contributed by atoms with van der Waals surface area (Å²) in [5.41, 5.74) is 1.73. The highest BCUT2D eigenvalue weighted by Crippen LogP contribution is 2.34. The Bertz CT molecular complexity index is 1100. The molecule has 0 aromatic heterocycles. The number of carbonyl (C=O) groups is 2. The second kappa shape index (κ2) is 9.48. The third-order valence-corrected chi connectivity index (χ3v) is 6.26. The van der Waals surface area contributed by atoms with E-state index in [0.717, 1.165) is 25.7 Å². The lowest BCUT2D eigenvalue weighted by molar-refractivity contribution is -0.385. The first-order valence-corrected chi connectivity index (χ1v) is 11.0. The van der Waals surface area contributed by atoms with Crippen LogP contribution in [0.25, 0.3) is 0 Å². The molecule has 0 spiro atoms. The van der Waals surface area contributed by atoms with Crippen molar-refractivity contribution in [2.24, 2.45) is 11.0 Å². The van der Waals surface area contributed by atoms with E-state index in [-0.39, 0.29) is 35.8 Å². The van der Waals surface area contributed by atoms with Crippen LogP contribution in [0, 0.1) is 21.8 Å². The molecule has 1 aliphatic heterocycles. The monoisotopic (exact) mass is 452 g/mol. The molecule has 2 aromatic carbocycles. The molecule has 0 unspecified atom stereocenters. The first kappa shape index (κ1) is 22.6. The number of non-ortho nitro benzene ring substituents is 1. The van der Waals surface area contributed by atoms with Gasteiger partial charge < -0.3 is 4.90 Å². The molecule has 0 N–H and O–H groups in total. The fourth-order valence-corrected chi connectivity index (χ4v) is 4.50. The molecule has 4 rings (SSSR count). The van der Waals surface area contributed by atoms with Crippen molar-refractivity contribution in [3.05, 3.63) is 75.6 Å². The number of hydrogen-bond acceptors (Lipinski definition) is 5. The molecule has 8 nitrogen and oxygen atoms in total. The molecule has 2 amide bonds. The van der Waals surface area contributed by atoms with Gasteiger partial charge in [0.05, 0.1) is 16.7 Å². The van der Waals surface area contributed by atoms with Gasteiger partial charge in [0.1, 0.15) is 12.4 Å². The molecule has 1 heterocycles. The fraction of sp³-hybridized carbons (Fsp3) is 0.375. The van der Waals surface area contributed by atoms with E-state index in [4.69, 9.17) is 0 Å². The van der Waals surface area contributed by atoms with Gasteiger partial charge >= 0.3 is 0 Å². The molecule has 33 heavy (non-hydrogen) atoms. The minimum absolute atomic E-state index is 0.0466. The lowest BCUT2D eigenvalue weighted by Crippen LogP contribution is -2.41. The summed E-state index contributed by atoms with van der Waals surface area (Å²) in [5, 5.41) is 17.1. The molecule has 9 heteroatoms. The summed E-state index contributed by atoms with van der Waals surface area (Å²) in [7, 11) is 1.61. The van der Waals surface area contributed by atoms with Crippen LogP contribution in [0.5, 0.6) is 0 Å². The molecule has 0 saturated heterocycles. The fourth-order valence-electron chi connectivity index (χ4n) is 4.50. The van der Waals surface area contributed by atoms with Crippen molar-refractivity contribution in [1.29, 1.82) is 0 Å². The second-order valence-corrected chi connectivity index (χ2v) is 8.54. The summed E-state index contributed by atoms with van der Waals surface area (Å²) in [6, 6.07) is 11.4. The van der Waals surface area contributed by atoms with E-state index in [1.807, 2.05) is 0 Å². The maximum Gasteiger partial charge on any atom is 0.269 e. The lowest BCUT2D eigenvalue weighted by atomic mass is 9.98. The van der Waals surface area contributed by atoms with Gasteiger partial charge in [-0.25, -0.2) is 9.40 Å². The normalized spacial score (nSPS) is 18.3. The standard InChI is InChI=1S/C24H25FN4O4/c1-27(24(31)17-5-2-3-6-17)15-23(30)28-22(18-7-4-8-20(13-18)29(32)33)14-21(26-28)16-9-11-19(25)12-10-16/h4,7-13,17,22H,2-3,5-6,14-15H2,1H3/t22-/m1/s1. The predicted octanol–water partition coefficient (Wildman–Crippen LogP) is 4.06. The highest BCUT2D eigenvalue weighted by molar-refractivity contribution is 6.03. The number of amides is 2. The highest BCUT2D eigenvalue weighted by atomic mass is 19.1. The maximum atomic E-state index is 13.4. The quantitative estimate of drug-likeness (QED) is 0.488. The molecular weight excluding hydrogens is 427 g/mol. The van der Waals surface area contributed by atoms with Crippen LogP contribution < -0.4 is 0 Å². The topological polar surface area (TPSA) is 96.1 Å². The average molecular weight is 452 g/mol. The highest BCUT2D eigenvalue weighted by Gasteiger charge is 2.35. The number of hydrogen-bond donors (Lipinski definition) is 0. The lowest BCUT2D eigenvalue weighted by Gasteiger charge is -2.26. The first-order valence-electron chi connectivity index (χ1n) is 11.0. The van der Waals surface area contributed by atoms with Crippen molar-refractivity contribution in [3.63, 3.8) is 0 Å². The minimum atomic E-state index is -0.563. The Hall–Kier alpha value is -3.62.